The number of hydrogen-bond acceptors (Lipinski definition) is 3. The average molecular weight is 307 g/mol. The quantitative estimate of drug-likeness (QED) is 0.919. The van der Waals surface area contributed by atoms with Crippen molar-refractivity contribution in [3.05, 3.63) is 20.9 Å². The Morgan fingerprint density at radius 2 is 2.20 bits per heavy atom. The van der Waals surface area contributed by atoms with Crippen LogP contribution in [0.1, 0.15) is 0 Å². The molecule has 0 amide bonds. The summed E-state index contributed by atoms with van der Waals surface area (Å²) in [5.41, 5.74) is 0.968. The first-order chi connectivity index (χ1) is 7.09. The summed E-state index contributed by atoms with van der Waals surface area (Å²) in [6, 6.07) is 3.86. The molecule has 2 aromatic heterocycles. The number of nitrogens with one attached hydrogen (secondary N) is 1. The lowest BCUT2D eigenvalue weighted by Gasteiger charge is -2.07. The molecule has 0 aliphatic heterocycles. The van der Waals surface area contributed by atoms with Gasteiger partial charge in [0, 0.05) is 14.1 Å². The number of aromatic nitrogens is 2. The molecule has 3 nitrogen and oxygen atoms in total. The van der Waals surface area contributed by atoms with E-state index in [1.807, 2.05) is 31.1 Å². The maximum Gasteiger partial charge on any atom is 0.164 e. The normalized spacial score (nSPS) is 10.7. The van der Waals surface area contributed by atoms with Crippen LogP contribution in [-0.4, -0.2) is 24.3 Å². The van der Waals surface area contributed by atoms with Gasteiger partial charge in [-0.15, -0.1) is 11.3 Å². The van der Waals surface area contributed by atoms with E-state index in [9.17, 15) is 0 Å². The van der Waals surface area contributed by atoms with Gasteiger partial charge < -0.3 is 4.90 Å². The number of hydrogen-bond donors (Lipinski definition) is 1. The topological polar surface area (TPSA) is 31.9 Å². The maximum atomic E-state index is 5.89. The van der Waals surface area contributed by atoms with Crippen molar-refractivity contribution in [2.24, 2.45) is 0 Å². The summed E-state index contributed by atoms with van der Waals surface area (Å²) in [6.07, 6.45) is 0. The smallest absolute Gasteiger partial charge is 0.164 e. The van der Waals surface area contributed by atoms with E-state index in [1.165, 1.54) is 11.3 Å². The summed E-state index contributed by atoms with van der Waals surface area (Å²) in [5.74, 6) is 0.884. The van der Waals surface area contributed by atoms with E-state index in [1.54, 1.807) is 0 Å². The van der Waals surface area contributed by atoms with Crippen LogP contribution in [0.3, 0.4) is 0 Å². The number of H-pyrrole nitrogens is 1. The van der Waals surface area contributed by atoms with Gasteiger partial charge in [-0.25, -0.2) is 0 Å². The Bertz CT molecular complexity index is 477. The Kier molecular flexibility index (Phi) is 3.04. The van der Waals surface area contributed by atoms with Crippen LogP contribution < -0.4 is 4.90 Å². The number of anilines is 1. The molecule has 6 heteroatoms. The average Bonchev–Trinajstić information content (AvgIpc) is 2.71. The Morgan fingerprint density at radius 1 is 1.47 bits per heavy atom. The molecular weight excluding hydrogens is 298 g/mol. The lowest BCUT2D eigenvalue weighted by Crippen LogP contribution is -2.09. The lowest BCUT2D eigenvalue weighted by molar-refractivity contribution is 1.01. The highest BCUT2D eigenvalue weighted by atomic mass is 79.9. The zero-order valence-electron chi connectivity index (χ0n) is 8.21. The summed E-state index contributed by atoms with van der Waals surface area (Å²) >= 11 is 10.9. The summed E-state index contributed by atoms with van der Waals surface area (Å²) in [6.45, 7) is 0. The van der Waals surface area contributed by atoms with Crippen LogP contribution in [-0.2, 0) is 0 Å². The van der Waals surface area contributed by atoms with Gasteiger partial charge in [-0.05, 0) is 28.1 Å². The van der Waals surface area contributed by atoms with Crippen LogP contribution in [0.2, 0.25) is 4.34 Å². The molecule has 2 aromatic rings. The van der Waals surface area contributed by atoms with Crippen molar-refractivity contribution < 1.29 is 0 Å². The largest absolute Gasteiger partial charge is 0.360 e. The summed E-state index contributed by atoms with van der Waals surface area (Å²) < 4.78 is 1.74. The molecule has 0 aliphatic carbocycles. The van der Waals surface area contributed by atoms with Crippen LogP contribution in [0.25, 0.3) is 10.6 Å². The van der Waals surface area contributed by atoms with Crippen molar-refractivity contribution in [1.82, 2.24) is 10.2 Å². The van der Waals surface area contributed by atoms with Gasteiger partial charge in [0.2, 0.25) is 0 Å². The number of halogens is 2. The van der Waals surface area contributed by atoms with Crippen LogP contribution >= 0.6 is 38.9 Å². The van der Waals surface area contributed by atoms with E-state index in [4.69, 9.17) is 11.6 Å². The number of aromatic amines is 1. The fourth-order valence-electron chi connectivity index (χ4n) is 1.23. The molecule has 0 aliphatic rings. The third-order valence-corrected chi connectivity index (χ3v) is 3.93. The SMILES string of the molecule is CN(C)c1n[nH]c(-c2ccc(Cl)s2)c1Br. The van der Waals surface area contributed by atoms with Gasteiger partial charge in [0.15, 0.2) is 5.82 Å². The third kappa shape index (κ3) is 2.04. The molecule has 2 rings (SSSR count). The minimum atomic E-state index is 0.776. The summed E-state index contributed by atoms with van der Waals surface area (Å²) in [4.78, 5) is 3.02. The molecular formula is C9H9BrClN3S. The van der Waals surface area contributed by atoms with E-state index in [-0.39, 0.29) is 0 Å². The standard InChI is InChI=1S/C9H9BrClN3S/c1-14(2)9-7(10)8(12-13-9)5-3-4-6(11)15-5/h3-4H,1-2H3,(H,12,13). The number of nitrogens with zero attached hydrogens (tertiary/aromatic N) is 2. The van der Waals surface area contributed by atoms with Crippen molar-refractivity contribution in [3.63, 3.8) is 0 Å². The molecule has 80 valence electrons. The summed E-state index contributed by atoms with van der Waals surface area (Å²) in [7, 11) is 3.90. The molecule has 15 heavy (non-hydrogen) atoms. The molecule has 2 heterocycles. The second-order valence-corrected chi connectivity index (χ2v) is 5.74. The minimum absolute atomic E-state index is 0.776. The van der Waals surface area contributed by atoms with E-state index < -0.39 is 0 Å². The van der Waals surface area contributed by atoms with Gasteiger partial charge in [0.05, 0.1) is 19.4 Å². The van der Waals surface area contributed by atoms with Crippen LogP contribution in [0.5, 0.6) is 0 Å². The second-order valence-electron chi connectivity index (χ2n) is 3.23. The minimum Gasteiger partial charge on any atom is -0.360 e. The lowest BCUT2D eigenvalue weighted by atomic mass is 10.3. The van der Waals surface area contributed by atoms with Crippen LogP contribution in [0, 0.1) is 0 Å². The van der Waals surface area contributed by atoms with Crippen molar-refractivity contribution in [3.8, 4) is 10.6 Å². The van der Waals surface area contributed by atoms with E-state index >= 15 is 0 Å². The zero-order chi connectivity index (χ0) is 11.0. The summed E-state index contributed by atoms with van der Waals surface area (Å²) in [5, 5.41) is 7.22. The highest BCUT2D eigenvalue weighted by molar-refractivity contribution is 9.10. The Hall–Kier alpha value is -0.520. The van der Waals surface area contributed by atoms with Crippen LogP contribution in [0.15, 0.2) is 16.6 Å². The highest BCUT2D eigenvalue weighted by Gasteiger charge is 2.14. The van der Waals surface area contributed by atoms with Crippen LogP contribution in [0.4, 0.5) is 5.82 Å². The number of thiophene rings is 1. The molecule has 0 bridgehead atoms. The molecule has 0 unspecified atom stereocenters. The predicted octanol–water partition coefficient (Wildman–Crippen LogP) is 3.62. The van der Waals surface area contributed by atoms with Crippen molar-refractivity contribution >= 4 is 44.7 Å². The molecule has 1 N–H and O–H groups in total. The van der Waals surface area contributed by atoms with Gasteiger partial charge >= 0.3 is 0 Å². The second kappa shape index (κ2) is 4.15. The predicted molar refractivity (Wildman–Crippen MR) is 68.9 cm³/mol. The fourth-order valence-corrected chi connectivity index (χ4v) is 3.15. The van der Waals surface area contributed by atoms with Gasteiger partial charge in [-0.1, -0.05) is 11.6 Å². The third-order valence-electron chi connectivity index (χ3n) is 1.93. The van der Waals surface area contributed by atoms with Gasteiger partial charge in [-0.3, -0.25) is 5.10 Å². The van der Waals surface area contributed by atoms with Crippen molar-refractivity contribution in [2.75, 3.05) is 19.0 Å². The molecule has 0 aromatic carbocycles. The molecule has 0 radical (unpaired) electrons. The fraction of sp³-hybridized carbons (Fsp3) is 0.222. The molecule has 0 atom stereocenters. The molecule has 0 saturated heterocycles. The monoisotopic (exact) mass is 305 g/mol. The van der Waals surface area contributed by atoms with E-state index in [0.29, 0.717) is 0 Å². The van der Waals surface area contributed by atoms with E-state index in [0.717, 1.165) is 25.2 Å². The highest BCUT2D eigenvalue weighted by Crippen LogP contribution is 2.37. The van der Waals surface area contributed by atoms with Crippen molar-refractivity contribution in [2.45, 2.75) is 0 Å². The maximum absolute atomic E-state index is 5.89. The Labute approximate surface area is 105 Å². The molecule has 0 fully saturated rings. The van der Waals surface area contributed by atoms with E-state index in [2.05, 4.69) is 26.1 Å². The molecule has 0 spiro atoms. The van der Waals surface area contributed by atoms with Gasteiger partial charge in [0.1, 0.15) is 0 Å². The first kappa shape index (κ1) is 11.0. The van der Waals surface area contributed by atoms with Crippen molar-refractivity contribution in [1.29, 1.82) is 0 Å². The van der Waals surface area contributed by atoms with Gasteiger partial charge in [-0.2, -0.15) is 5.10 Å². The number of rotatable bonds is 2. The molecule has 0 saturated carbocycles. The van der Waals surface area contributed by atoms with Gasteiger partial charge in [0.25, 0.3) is 0 Å². The zero-order valence-corrected chi connectivity index (χ0v) is 11.4. The Balaban J connectivity index is 2.46. The first-order valence-electron chi connectivity index (χ1n) is 4.26. The Morgan fingerprint density at radius 3 is 2.67 bits per heavy atom. The first-order valence-corrected chi connectivity index (χ1v) is 6.25.